The Morgan fingerprint density at radius 1 is 0.889 bits per heavy atom. The van der Waals surface area contributed by atoms with Crippen LogP contribution in [0.2, 0.25) is 0 Å². The number of carboxylic acid groups (broad SMARTS) is 1. The van der Waals surface area contributed by atoms with Crippen molar-refractivity contribution in [2.24, 2.45) is 50.2 Å². The fourth-order valence-electron chi connectivity index (χ4n) is 12.3. The molecule has 0 aromatic carbocycles. The van der Waals surface area contributed by atoms with Crippen molar-refractivity contribution < 1.29 is 44.9 Å². The van der Waals surface area contributed by atoms with Gasteiger partial charge in [0.15, 0.2) is 6.29 Å². The predicted octanol–water partition coefficient (Wildman–Crippen LogP) is 4.03. The number of aliphatic hydroxyl groups excluding tert-OH is 5. The number of allylic oxidation sites excluding steroid dienone is 2. The normalized spacial score (nSPS) is 53.6. The van der Waals surface area contributed by atoms with Gasteiger partial charge < -0.3 is 40.1 Å². The van der Waals surface area contributed by atoms with E-state index in [0.717, 1.165) is 44.9 Å². The summed E-state index contributed by atoms with van der Waals surface area (Å²) >= 11 is 0. The van der Waals surface area contributed by atoms with Crippen molar-refractivity contribution in [3.63, 3.8) is 0 Å². The average molecular weight is 635 g/mol. The smallest absolute Gasteiger partial charge is 0.312 e. The van der Waals surface area contributed by atoms with Crippen LogP contribution in [0.3, 0.4) is 0 Å². The Balaban J connectivity index is 1.31. The van der Waals surface area contributed by atoms with Crippen molar-refractivity contribution in [3.05, 3.63) is 11.6 Å². The molecule has 14 atom stereocenters. The molecule has 9 heteroatoms. The molecule has 5 aliphatic carbocycles. The highest BCUT2D eigenvalue weighted by Gasteiger charge is 2.71. The maximum absolute atomic E-state index is 13.0. The van der Waals surface area contributed by atoms with Gasteiger partial charge in [0.2, 0.25) is 0 Å². The number of fused-ring (bicyclic) bond motifs is 7. The summed E-state index contributed by atoms with van der Waals surface area (Å²) in [6.45, 7) is 15.6. The number of carbonyl (C=O) groups is 1. The molecule has 1 saturated heterocycles. The van der Waals surface area contributed by atoms with Crippen LogP contribution in [0.15, 0.2) is 11.6 Å². The maximum atomic E-state index is 13.0. The number of hydrogen-bond acceptors (Lipinski definition) is 8. The van der Waals surface area contributed by atoms with Crippen LogP contribution in [0.5, 0.6) is 0 Å². The summed E-state index contributed by atoms with van der Waals surface area (Å²) in [6, 6.07) is 0. The molecule has 256 valence electrons. The largest absolute Gasteiger partial charge is 0.481 e. The molecule has 0 aromatic heterocycles. The minimum Gasteiger partial charge on any atom is -0.481 e. The van der Waals surface area contributed by atoms with E-state index in [4.69, 9.17) is 9.47 Å². The van der Waals surface area contributed by atoms with Gasteiger partial charge in [-0.2, -0.15) is 0 Å². The Kier molecular flexibility index (Phi) is 8.05. The second-order valence-electron chi connectivity index (χ2n) is 18.0. The van der Waals surface area contributed by atoms with Gasteiger partial charge >= 0.3 is 5.97 Å². The zero-order valence-corrected chi connectivity index (χ0v) is 28.3. The SMILES string of the molecule is CC1(C)CC[C@]2(C(=O)O)[C@H](O)C[C@]3(C)C(=CC[C@@H]4[C@@]5(C)CC[C@H](O[C@@H]6O[C@H](CO)[C@@H](O)[C@H](O)[C@H]6O)C(C)(C)[C@H]5CC[C@]43C)[C@H]2C1. The molecule has 6 N–H and O–H groups in total. The lowest BCUT2D eigenvalue weighted by molar-refractivity contribution is -0.330. The van der Waals surface area contributed by atoms with E-state index < -0.39 is 54.8 Å². The zero-order valence-electron chi connectivity index (χ0n) is 28.3. The van der Waals surface area contributed by atoms with Crippen molar-refractivity contribution in [2.45, 2.75) is 149 Å². The Labute approximate surface area is 268 Å². The van der Waals surface area contributed by atoms with Gasteiger partial charge in [-0.05, 0) is 103 Å². The molecule has 5 fully saturated rings. The summed E-state index contributed by atoms with van der Waals surface area (Å²) in [5.41, 5.74) is -0.571. The topological polar surface area (TPSA) is 157 Å². The van der Waals surface area contributed by atoms with E-state index in [1.54, 1.807) is 0 Å². The van der Waals surface area contributed by atoms with Gasteiger partial charge in [0.1, 0.15) is 29.8 Å². The summed E-state index contributed by atoms with van der Waals surface area (Å²) in [5.74, 6) is -0.382. The highest BCUT2D eigenvalue weighted by molar-refractivity contribution is 5.77. The van der Waals surface area contributed by atoms with Crippen LogP contribution in [-0.4, -0.2) is 86.1 Å². The van der Waals surface area contributed by atoms with Crippen LogP contribution in [0.4, 0.5) is 0 Å². The fourth-order valence-corrected chi connectivity index (χ4v) is 12.3. The molecule has 9 nitrogen and oxygen atoms in total. The fraction of sp³-hybridized carbons (Fsp3) is 0.917. The molecular weight excluding hydrogens is 576 g/mol. The molecular formula is C36H58O9. The lowest BCUT2D eigenvalue weighted by Gasteiger charge is -2.71. The lowest BCUT2D eigenvalue weighted by Crippen LogP contribution is -2.68. The summed E-state index contributed by atoms with van der Waals surface area (Å²) in [6.07, 6.45) is 1.79. The van der Waals surface area contributed by atoms with Crippen LogP contribution >= 0.6 is 0 Å². The van der Waals surface area contributed by atoms with E-state index in [1.807, 2.05) is 0 Å². The number of rotatable bonds is 4. The summed E-state index contributed by atoms with van der Waals surface area (Å²) < 4.78 is 12.2. The summed E-state index contributed by atoms with van der Waals surface area (Å²) in [7, 11) is 0. The molecule has 6 aliphatic rings. The zero-order chi connectivity index (χ0) is 33.1. The first-order valence-electron chi connectivity index (χ1n) is 17.4. The number of carboxylic acids is 1. The summed E-state index contributed by atoms with van der Waals surface area (Å²) in [4.78, 5) is 13.0. The Morgan fingerprint density at radius 3 is 2.22 bits per heavy atom. The minimum absolute atomic E-state index is 0.0210. The Bertz CT molecular complexity index is 1210. The first-order valence-corrected chi connectivity index (χ1v) is 17.4. The first-order chi connectivity index (χ1) is 20.8. The molecule has 6 rings (SSSR count). The van der Waals surface area contributed by atoms with Crippen molar-refractivity contribution in [3.8, 4) is 0 Å². The highest BCUT2D eigenvalue weighted by atomic mass is 16.7. The van der Waals surface area contributed by atoms with Crippen molar-refractivity contribution in [1.82, 2.24) is 0 Å². The number of hydrogen-bond donors (Lipinski definition) is 6. The van der Waals surface area contributed by atoms with E-state index in [1.165, 1.54) is 5.57 Å². The van der Waals surface area contributed by atoms with Gasteiger partial charge in [-0.1, -0.05) is 60.1 Å². The third-order valence-electron chi connectivity index (χ3n) is 15.2. The maximum Gasteiger partial charge on any atom is 0.312 e. The van der Waals surface area contributed by atoms with Gasteiger partial charge in [-0.15, -0.1) is 0 Å². The molecule has 4 saturated carbocycles. The molecule has 0 spiro atoms. The molecule has 0 bridgehead atoms. The van der Waals surface area contributed by atoms with Gasteiger partial charge in [-0.3, -0.25) is 4.79 Å². The quantitative estimate of drug-likeness (QED) is 0.199. The first kappa shape index (κ1) is 33.8. The molecule has 0 unspecified atom stereocenters. The van der Waals surface area contributed by atoms with E-state index >= 15 is 0 Å². The number of ether oxygens (including phenoxy) is 2. The van der Waals surface area contributed by atoms with E-state index in [9.17, 15) is 35.4 Å². The van der Waals surface area contributed by atoms with Gasteiger partial charge in [-0.25, -0.2) is 0 Å². The number of aliphatic carboxylic acids is 1. The standard InChI is InChI=1S/C36H58O9/c1-31(2)14-15-36(30(42)43)20(16-31)19-8-9-23-33(5)12-11-25(45-29-28(41)27(40)26(39)21(18-37)44-29)32(3,4)22(33)10-13-34(23,6)35(19,7)17-24(36)38/h8,20-29,37-41H,9-18H2,1-7H3,(H,42,43)/t20-,21-,22-,23-,24-,25+,26-,27+,28-,29+,33+,34-,35-,36-/m1/s1. The third kappa shape index (κ3) is 4.54. The molecule has 1 aliphatic heterocycles. The van der Waals surface area contributed by atoms with Gasteiger partial charge in [0.25, 0.3) is 0 Å². The van der Waals surface area contributed by atoms with Crippen LogP contribution in [-0.2, 0) is 14.3 Å². The predicted molar refractivity (Wildman–Crippen MR) is 167 cm³/mol. The van der Waals surface area contributed by atoms with Crippen molar-refractivity contribution in [1.29, 1.82) is 0 Å². The van der Waals surface area contributed by atoms with Crippen LogP contribution in [0.25, 0.3) is 0 Å². The summed E-state index contributed by atoms with van der Waals surface area (Å²) in [5, 5.41) is 63.5. The van der Waals surface area contributed by atoms with E-state index in [0.29, 0.717) is 24.7 Å². The second kappa shape index (κ2) is 10.7. The average Bonchev–Trinajstić information content (AvgIpc) is 2.94. The molecule has 0 radical (unpaired) electrons. The lowest BCUT2D eigenvalue weighted by atomic mass is 9.33. The van der Waals surface area contributed by atoms with Crippen molar-refractivity contribution in [2.75, 3.05) is 6.61 Å². The van der Waals surface area contributed by atoms with Crippen LogP contribution in [0, 0.1) is 50.2 Å². The van der Waals surface area contributed by atoms with Crippen LogP contribution in [0.1, 0.15) is 106 Å². The molecule has 45 heavy (non-hydrogen) atoms. The van der Waals surface area contributed by atoms with Gasteiger partial charge in [0.05, 0.1) is 18.8 Å². The van der Waals surface area contributed by atoms with Crippen molar-refractivity contribution >= 4 is 5.97 Å². The Hall–Kier alpha value is -1.07. The highest BCUT2D eigenvalue weighted by Crippen LogP contribution is 2.76. The molecule has 1 heterocycles. The number of aliphatic hydroxyl groups is 5. The molecule has 0 aromatic rings. The Morgan fingerprint density at radius 2 is 1.58 bits per heavy atom. The van der Waals surface area contributed by atoms with E-state index in [-0.39, 0.29) is 39.1 Å². The van der Waals surface area contributed by atoms with Crippen LogP contribution < -0.4 is 0 Å². The third-order valence-corrected chi connectivity index (χ3v) is 15.2. The van der Waals surface area contributed by atoms with Gasteiger partial charge in [0, 0.05) is 0 Å². The minimum atomic E-state index is -1.47. The monoisotopic (exact) mass is 634 g/mol. The second-order valence-corrected chi connectivity index (χ2v) is 18.0. The van der Waals surface area contributed by atoms with E-state index in [2.05, 4.69) is 54.5 Å². The molecule has 0 amide bonds.